The number of rotatable bonds is 10. The van der Waals surface area contributed by atoms with E-state index in [0.717, 1.165) is 43.5 Å². The molecule has 5 nitrogen and oxygen atoms in total. The summed E-state index contributed by atoms with van der Waals surface area (Å²) in [5.41, 5.74) is 2.89. The van der Waals surface area contributed by atoms with Gasteiger partial charge in [0.2, 0.25) is 5.43 Å². The number of ketones is 1. The maximum Gasteiger partial charge on any atom is 0.200 e. The van der Waals surface area contributed by atoms with E-state index >= 15 is 0 Å². The van der Waals surface area contributed by atoms with Gasteiger partial charge in [-0.3, -0.25) is 9.59 Å². The second-order valence-corrected chi connectivity index (χ2v) is 7.91. The molecule has 4 aromatic rings. The van der Waals surface area contributed by atoms with Gasteiger partial charge in [-0.25, -0.2) is 0 Å². The van der Waals surface area contributed by atoms with Crippen molar-refractivity contribution in [2.45, 2.75) is 32.6 Å². The molecule has 0 amide bonds. The van der Waals surface area contributed by atoms with Gasteiger partial charge in [0.15, 0.2) is 5.78 Å². The molecule has 5 heteroatoms. The van der Waals surface area contributed by atoms with Crippen LogP contribution in [0.4, 0.5) is 5.69 Å². The van der Waals surface area contributed by atoms with Crippen LogP contribution in [-0.2, 0) is 0 Å². The zero-order valence-corrected chi connectivity index (χ0v) is 18.2. The summed E-state index contributed by atoms with van der Waals surface area (Å²) in [7, 11) is 0. The van der Waals surface area contributed by atoms with Gasteiger partial charge < -0.3 is 14.5 Å². The van der Waals surface area contributed by atoms with Crippen LogP contribution in [0, 0.1) is 0 Å². The average molecular weight is 430 g/mol. The van der Waals surface area contributed by atoms with E-state index in [0.29, 0.717) is 34.3 Å². The first-order chi connectivity index (χ1) is 15.6. The van der Waals surface area contributed by atoms with Gasteiger partial charge in [0.1, 0.15) is 16.9 Å². The molecule has 0 bridgehead atoms. The lowest BCUT2D eigenvalue weighted by molar-refractivity contribution is 0.101. The summed E-state index contributed by atoms with van der Waals surface area (Å²) in [6.45, 7) is 3.10. The van der Waals surface area contributed by atoms with E-state index in [1.807, 2.05) is 42.5 Å². The molecule has 0 spiro atoms. The quantitative estimate of drug-likeness (QED) is 0.185. The van der Waals surface area contributed by atoms with Gasteiger partial charge in [-0.2, -0.15) is 0 Å². The standard InChI is InChI=1S/C27H27NO4/c1-19(29)20-10-12-21(13-11-20)28-16-6-2-3-7-17-31-22-14-15-24-26(18-22)32-25-9-5-4-8-23(25)27(24)30/h4-5,8-15,18,28H,2-3,6-7,16-17H2,1H3. The molecule has 0 saturated carbocycles. The molecule has 0 aliphatic heterocycles. The van der Waals surface area contributed by atoms with Crippen molar-refractivity contribution in [1.29, 1.82) is 0 Å². The fourth-order valence-electron chi connectivity index (χ4n) is 3.70. The van der Waals surface area contributed by atoms with Crippen LogP contribution in [0.1, 0.15) is 43.0 Å². The summed E-state index contributed by atoms with van der Waals surface area (Å²) in [5.74, 6) is 0.798. The van der Waals surface area contributed by atoms with Crippen LogP contribution in [0.2, 0.25) is 0 Å². The van der Waals surface area contributed by atoms with Gasteiger partial charge in [-0.15, -0.1) is 0 Å². The molecule has 0 aliphatic rings. The minimum absolute atomic E-state index is 0.0168. The molecular weight excluding hydrogens is 402 g/mol. The first-order valence-electron chi connectivity index (χ1n) is 11.0. The Bertz CT molecular complexity index is 1270. The maximum atomic E-state index is 12.6. The topological polar surface area (TPSA) is 68.5 Å². The highest BCUT2D eigenvalue weighted by molar-refractivity contribution is 5.94. The summed E-state index contributed by atoms with van der Waals surface area (Å²) < 4.78 is 11.8. The van der Waals surface area contributed by atoms with E-state index in [-0.39, 0.29) is 11.2 Å². The molecule has 0 atom stereocenters. The Morgan fingerprint density at radius 1 is 0.875 bits per heavy atom. The molecular formula is C27H27NO4. The predicted octanol–water partition coefficient (Wildman–Crippen LogP) is 6.20. The second-order valence-electron chi connectivity index (χ2n) is 7.91. The van der Waals surface area contributed by atoms with Gasteiger partial charge in [0.25, 0.3) is 0 Å². The number of fused-ring (bicyclic) bond motifs is 2. The highest BCUT2D eigenvalue weighted by atomic mass is 16.5. The zero-order valence-electron chi connectivity index (χ0n) is 18.2. The number of benzene rings is 3. The Morgan fingerprint density at radius 2 is 1.62 bits per heavy atom. The number of carbonyl (C=O) groups excluding carboxylic acids is 1. The highest BCUT2D eigenvalue weighted by Gasteiger charge is 2.08. The fourth-order valence-corrected chi connectivity index (χ4v) is 3.70. The number of anilines is 1. The SMILES string of the molecule is CC(=O)c1ccc(NCCCCCCOc2ccc3c(=O)c4ccccc4oc3c2)cc1. The summed E-state index contributed by atoms with van der Waals surface area (Å²) >= 11 is 0. The summed E-state index contributed by atoms with van der Waals surface area (Å²) in [6.07, 6.45) is 4.23. The van der Waals surface area contributed by atoms with Crippen LogP contribution in [0.25, 0.3) is 21.9 Å². The lowest BCUT2D eigenvalue weighted by Gasteiger charge is -2.08. The number of nitrogens with one attached hydrogen (secondary N) is 1. The van der Waals surface area contributed by atoms with Crippen LogP contribution >= 0.6 is 0 Å². The van der Waals surface area contributed by atoms with E-state index in [4.69, 9.17) is 9.15 Å². The van der Waals surface area contributed by atoms with Gasteiger partial charge >= 0.3 is 0 Å². The molecule has 1 heterocycles. The number of ether oxygens (including phenoxy) is 1. The van der Waals surface area contributed by atoms with E-state index in [1.165, 1.54) is 0 Å². The van der Waals surface area contributed by atoms with Gasteiger partial charge in [-0.05, 0) is 68.3 Å². The molecule has 1 aromatic heterocycles. The van der Waals surface area contributed by atoms with E-state index < -0.39 is 0 Å². The fraction of sp³-hybridized carbons (Fsp3) is 0.259. The van der Waals surface area contributed by atoms with Crippen molar-refractivity contribution in [2.75, 3.05) is 18.5 Å². The monoisotopic (exact) mass is 429 g/mol. The molecule has 0 unspecified atom stereocenters. The van der Waals surface area contributed by atoms with Crippen LogP contribution < -0.4 is 15.5 Å². The number of carbonyl (C=O) groups is 1. The molecule has 32 heavy (non-hydrogen) atoms. The lowest BCUT2D eigenvalue weighted by atomic mass is 10.1. The maximum absolute atomic E-state index is 12.6. The van der Waals surface area contributed by atoms with Crippen LogP contribution in [0.5, 0.6) is 5.75 Å². The number of hydrogen-bond acceptors (Lipinski definition) is 5. The van der Waals surface area contributed by atoms with Crippen molar-refractivity contribution in [3.63, 3.8) is 0 Å². The number of Topliss-reactive ketones (excluding diaryl/α,β-unsaturated/α-hetero) is 1. The van der Waals surface area contributed by atoms with Crippen molar-refractivity contribution in [1.82, 2.24) is 0 Å². The Morgan fingerprint density at radius 3 is 2.44 bits per heavy atom. The molecule has 1 N–H and O–H groups in total. The van der Waals surface area contributed by atoms with Crippen molar-refractivity contribution in [3.05, 3.63) is 82.5 Å². The first kappa shape index (κ1) is 21.6. The first-order valence-corrected chi connectivity index (χ1v) is 11.0. The van der Waals surface area contributed by atoms with E-state index in [1.54, 1.807) is 31.2 Å². The normalized spacial score (nSPS) is 11.0. The number of unbranched alkanes of at least 4 members (excludes halogenated alkanes) is 3. The van der Waals surface area contributed by atoms with E-state index in [9.17, 15) is 9.59 Å². The zero-order chi connectivity index (χ0) is 22.3. The van der Waals surface area contributed by atoms with Crippen molar-refractivity contribution < 1.29 is 13.9 Å². The Labute approximate surface area is 187 Å². The number of hydrogen-bond donors (Lipinski definition) is 1. The average Bonchev–Trinajstić information content (AvgIpc) is 2.81. The van der Waals surface area contributed by atoms with Gasteiger partial charge in [0.05, 0.1) is 17.4 Å². The molecule has 3 aromatic carbocycles. The van der Waals surface area contributed by atoms with Crippen LogP contribution in [-0.4, -0.2) is 18.9 Å². The van der Waals surface area contributed by atoms with Crippen LogP contribution in [0.3, 0.4) is 0 Å². The van der Waals surface area contributed by atoms with Crippen molar-refractivity contribution in [3.8, 4) is 5.75 Å². The van der Waals surface area contributed by atoms with Gasteiger partial charge in [-0.1, -0.05) is 25.0 Å². The lowest BCUT2D eigenvalue weighted by Crippen LogP contribution is -2.03. The summed E-state index contributed by atoms with van der Waals surface area (Å²) in [5, 5.41) is 4.55. The Balaban J connectivity index is 1.19. The van der Waals surface area contributed by atoms with Crippen molar-refractivity contribution >= 4 is 33.4 Å². The third-order valence-corrected chi connectivity index (χ3v) is 5.51. The third-order valence-electron chi connectivity index (χ3n) is 5.51. The molecule has 0 radical (unpaired) electrons. The molecule has 0 saturated heterocycles. The van der Waals surface area contributed by atoms with E-state index in [2.05, 4.69) is 5.32 Å². The van der Waals surface area contributed by atoms with Crippen molar-refractivity contribution in [2.24, 2.45) is 0 Å². The third kappa shape index (κ3) is 5.17. The largest absolute Gasteiger partial charge is 0.493 e. The summed E-state index contributed by atoms with van der Waals surface area (Å²) in [4.78, 5) is 23.9. The Kier molecular flexibility index (Phi) is 6.85. The molecule has 0 aliphatic carbocycles. The Hall–Kier alpha value is -3.60. The smallest absolute Gasteiger partial charge is 0.200 e. The summed E-state index contributed by atoms with van der Waals surface area (Å²) in [6, 6.07) is 20.3. The minimum Gasteiger partial charge on any atom is -0.493 e. The van der Waals surface area contributed by atoms with Gasteiger partial charge in [0, 0.05) is 23.9 Å². The molecule has 0 fully saturated rings. The minimum atomic E-state index is -0.0168. The number of para-hydroxylation sites is 1. The molecule has 164 valence electrons. The van der Waals surface area contributed by atoms with Crippen LogP contribution in [0.15, 0.2) is 75.9 Å². The second kappa shape index (κ2) is 10.1. The molecule has 4 rings (SSSR count). The highest BCUT2D eigenvalue weighted by Crippen LogP contribution is 2.23. The predicted molar refractivity (Wildman–Crippen MR) is 129 cm³/mol.